The summed E-state index contributed by atoms with van der Waals surface area (Å²) in [5, 5.41) is 20.3. The predicted octanol–water partition coefficient (Wildman–Crippen LogP) is 2.68. The van der Waals surface area contributed by atoms with Gasteiger partial charge in [-0.05, 0) is 56.0 Å². The van der Waals surface area contributed by atoms with Crippen LogP contribution in [0.25, 0.3) is 0 Å². The first kappa shape index (κ1) is 24.8. The van der Waals surface area contributed by atoms with E-state index in [1.807, 2.05) is 11.0 Å². The van der Waals surface area contributed by atoms with Crippen molar-refractivity contribution in [3.8, 4) is 11.5 Å². The van der Waals surface area contributed by atoms with Crippen LogP contribution < -0.4 is 5.73 Å². The number of nitrogens with zero attached hydrogens (tertiary/aromatic N) is 3. The van der Waals surface area contributed by atoms with Crippen LogP contribution in [0.1, 0.15) is 24.0 Å². The zero-order valence-electron chi connectivity index (χ0n) is 19.6. The maximum Gasteiger partial charge on any atom is 0.239 e. The number of nitrogens with two attached hydrogens (primary N) is 1. The van der Waals surface area contributed by atoms with E-state index in [4.69, 9.17) is 17.3 Å². The quantitative estimate of drug-likeness (QED) is 0.521. The molecular weight excluding hydrogens is 452 g/mol. The van der Waals surface area contributed by atoms with Crippen molar-refractivity contribution in [2.45, 2.75) is 31.8 Å². The Morgan fingerprint density at radius 1 is 0.971 bits per heavy atom. The first-order valence-corrected chi connectivity index (χ1v) is 12.5. The summed E-state index contributed by atoms with van der Waals surface area (Å²) in [5.41, 5.74) is 8.32. The molecule has 0 bridgehead atoms. The Kier molecular flexibility index (Phi) is 8.32. The lowest BCUT2D eigenvalue weighted by atomic mass is 9.88. The normalized spacial score (nSPS) is 19.3. The molecule has 8 heteroatoms. The lowest BCUT2D eigenvalue weighted by Gasteiger charge is -2.39. The first-order valence-electron chi connectivity index (χ1n) is 12.1. The van der Waals surface area contributed by atoms with E-state index in [0.29, 0.717) is 43.3 Å². The van der Waals surface area contributed by atoms with E-state index in [9.17, 15) is 15.0 Å². The second-order valence-corrected chi connectivity index (χ2v) is 9.84. The number of amides is 1. The van der Waals surface area contributed by atoms with E-state index in [2.05, 4.69) is 34.1 Å². The molecule has 2 aromatic carbocycles. The highest BCUT2D eigenvalue weighted by Crippen LogP contribution is 2.35. The predicted molar refractivity (Wildman–Crippen MR) is 134 cm³/mol. The minimum Gasteiger partial charge on any atom is -0.504 e. The fourth-order valence-corrected chi connectivity index (χ4v) is 5.19. The van der Waals surface area contributed by atoms with Gasteiger partial charge in [0.05, 0.1) is 6.04 Å². The third kappa shape index (κ3) is 6.02. The topological polar surface area (TPSA) is 93.3 Å². The maximum absolute atomic E-state index is 13.1. The minimum atomic E-state index is -0.451. The van der Waals surface area contributed by atoms with Gasteiger partial charge >= 0.3 is 0 Å². The van der Waals surface area contributed by atoms with Crippen molar-refractivity contribution >= 4 is 17.5 Å². The lowest BCUT2D eigenvalue weighted by Crippen LogP contribution is -2.55. The zero-order valence-corrected chi connectivity index (χ0v) is 20.3. The molecule has 0 spiro atoms. The van der Waals surface area contributed by atoms with Crippen LogP contribution in [0.15, 0.2) is 42.5 Å². The molecule has 0 aliphatic carbocycles. The molecule has 0 aromatic heterocycles. The number of phenols is 2. The van der Waals surface area contributed by atoms with E-state index in [1.165, 1.54) is 11.6 Å². The number of hydrogen-bond acceptors (Lipinski definition) is 6. The van der Waals surface area contributed by atoms with Crippen LogP contribution >= 0.6 is 11.6 Å². The van der Waals surface area contributed by atoms with Gasteiger partial charge in [-0.2, -0.15) is 0 Å². The van der Waals surface area contributed by atoms with Crippen LogP contribution in [0.4, 0.5) is 0 Å². The molecule has 2 aliphatic rings. The molecule has 184 valence electrons. The highest BCUT2D eigenvalue weighted by atomic mass is 35.5. The molecule has 0 unspecified atom stereocenters. The molecule has 1 atom stereocenters. The van der Waals surface area contributed by atoms with Gasteiger partial charge in [0.15, 0.2) is 11.5 Å². The molecule has 0 saturated carbocycles. The van der Waals surface area contributed by atoms with Crippen molar-refractivity contribution in [1.82, 2.24) is 14.7 Å². The maximum atomic E-state index is 13.1. The Morgan fingerprint density at radius 3 is 2.32 bits per heavy atom. The van der Waals surface area contributed by atoms with Crippen LogP contribution in [0, 0.1) is 5.92 Å². The smallest absolute Gasteiger partial charge is 0.239 e. The molecule has 2 saturated heterocycles. The number of aromatic hydroxyl groups is 2. The summed E-state index contributed by atoms with van der Waals surface area (Å²) in [5.74, 6) is -0.0874. The van der Waals surface area contributed by atoms with Crippen molar-refractivity contribution in [3.63, 3.8) is 0 Å². The zero-order chi connectivity index (χ0) is 24.1. The number of carbonyl (C=O) groups is 1. The Hall–Kier alpha value is -2.32. The van der Waals surface area contributed by atoms with Crippen molar-refractivity contribution in [2.75, 3.05) is 45.8 Å². The molecule has 7 nitrogen and oxygen atoms in total. The van der Waals surface area contributed by atoms with Gasteiger partial charge in [-0.25, -0.2) is 0 Å². The Labute approximate surface area is 206 Å². The van der Waals surface area contributed by atoms with Crippen molar-refractivity contribution in [1.29, 1.82) is 0 Å². The number of piperazine rings is 1. The molecule has 0 radical (unpaired) electrons. The highest BCUT2D eigenvalue weighted by molar-refractivity contribution is 6.31. The number of phenolic OH excluding ortho intramolecular Hbond substituents is 2. The van der Waals surface area contributed by atoms with Crippen LogP contribution in [-0.4, -0.2) is 82.7 Å². The largest absolute Gasteiger partial charge is 0.504 e. The van der Waals surface area contributed by atoms with E-state index in [-0.39, 0.29) is 23.3 Å². The summed E-state index contributed by atoms with van der Waals surface area (Å²) in [7, 11) is 0. The molecule has 4 N–H and O–H groups in total. The SMILES string of the molecule is N[C@@H](C(=O)N1CCN(Cc2c(Cl)ccc(O)c2O)CC1)C1CCN(CCc2ccccc2)CC1. The highest BCUT2D eigenvalue weighted by Gasteiger charge is 2.32. The third-order valence-corrected chi connectivity index (χ3v) is 7.61. The number of piperidine rings is 1. The van der Waals surface area contributed by atoms with Gasteiger partial charge in [-0.15, -0.1) is 0 Å². The van der Waals surface area contributed by atoms with Gasteiger partial charge in [0.25, 0.3) is 0 Å². The van der Waals surface area contributed by atoms with Crippen molar-refractivity contribution in [2.24, 2.45) is 11.7 Å². The van der Waals surface area contributed by atoms with Gasteiger partial charge < -0.3 is 25.7 Å². The Morgan fingerprint density at radius 2 is 1.65 bits per heavy atom. The summed E-state index contributed by atoms with van der Waals surface area (Å²) in [4.78, 5) is 19.5. The van der Waals surface area contributed by atoms with Gasteiger partial charge in [0.1, 0.15) is 0 Å². The number of benzene rings is 2. The van der Waals surface area contributed by atoms with Crippen LogP contribution in [0.5, 0.6) is 11.5 Å². The summed E-state index contributed by atoms with van der Waals surface area (Å²) < 4.78 is 0. The van der Waals surface area contributed by atoms with E-state index < -0.39 is 6.04 Å². The summed E-state index contributed by atoms with van der Waals surface area (Å²) in [6.07, 6.45) is 2.96. The lowest BCUT2D eigenvalue weighted by molar-refractivity contribution is -0.136. The van der Waals surface area contributed by atoms with E-state index in [0.717, 1.165) is 38.9 Å². The molecular formula is C26H35ClN4O3. The number of halogens is 1. The van der Waals surface area contributed by atoms with E-state index >= 15 is 0 Å². The number of likely N-dealkylation sites (tertiary alicyclic amines) is 1. The molecule has 2 aromatic rings. The second kappa shape index (κ2) is 11.4. The first-order chi connectivity index (χ1) is 16.4. The number of rotatable bonds is 7. The fourth-order valence-electron chi connectivity index (χ4n) is 4.98. The molecule has 1 amide bonds. The summed E-state index contributed by atoms with van der Waals surface area (Å²) in [6, 6.07) is 13.1. The van der Waals surface area contributed by atoms with Crippen LogP contribution in [-0.2, 0) is 17.8 Å². The minimum absolute atomic E-state index is 0.0422. The Bertz CT molecular complexity index is 958. The van der Waals surface area contributed by atoms with Crippen molar-refractivity contribution < 1.29 is 15.0 Å². The average molecular weight is 487 g/mol. The van der Waals surface area contributed by atoms with E-state index in [1.54, 1.807) is 6.07 Å². The second-order valence-electron chi connectivity index (χ2n) is 9.44. The molecule has 2 fully saturated rings. The van der Waals surface area contributed by atoms with Gasteiger partial charge in [-0.3, -0.25) is 9.69 Å². The molecule has 2 aliphatic heterocycles. The van der Waals surface area contributed by atoms with Gasteiger partial charge in [0.2, 0.25) is 5.91 Å². The fraction of sp³-hybridized carbons (Fsp3) is 0.500. The molecule has 4 rings (SSSR count). The number of carbonyl (C=O) groups excluding carboxylic acids is 1. The third-order valence-electron chi connectivity index (χ3n) is 7.25. The number of hydrogen-bond donors (Lipinski definition) is 3. The van der Waals surface area contributed by atoms with Crippen LogP contribution in [0.2, 0.25) is 5.02 Å². The van der Waals surface area contributed by atoms with Gasteiger partial charge in [0, 0.05) is 49.9 Å². The monoisotopic (exact) mass is 486 g/mol. The van der Waals surface area contributed by atoms with Crippen molar-refractivity contribution in [3.05, 3.63) is 58.6 Å². The van der Waals surface area contributed by atoms with Gasteiger partial charge in [-0.1, -0.05) is 41.9 Å². The summed E-state index contributed by atoms with van der Waals surface area (Å²) >= 11 is 6.21. The molecule has 2 heterocycles. The Balaban J connectivity index is 1.21. The summed E-state index contributed by atoms with van der Waals surface area (Å²) in [6.45, 7) is 5.97. The molecule has 34 heavy (non-hydrogen) atoms. The standard InChI is InChI=1S/C26H35ClN4O3/c27-22-6-7-23(32)25(33)21(22)18-30-14-16-31(17-15-30)26(34)24(28)20-9-12-29(13-10-20)11-8-19-4-2-1-3-5-19/h1-7,20,24,32-33H,8-18,28H2/t24-/m1/s1. The van der Waals surface area contributed by atoms with Crippen LogP contribution in [0.3, 0.4) is 0 Å². The average Bonchev–Trinajstić information content (AvgIpc) is 2.88.